The summed E-state index contributed by atoms with van der Waals surface area (Å²) in [5, 5.41) is 4.52. The van der Waals surface area contributed by atoms with Crippen LogP contribution in [0.1, 0.15) is 66.8 Å². The molecule has 102 heavy (non-hydrogen) atoms. The lowest BCUT2D eigenvalue weighted by atomic mass is 9.67. The maximum atomic E-state index is 7.13. The van der Waals surface area contributed by atoms with Crippen molar-refractivity contribution in [2.75, 3.05) is 4.90 Å². The Morgan fingerprint density at radius 1 is 0.206 bits per heavy atom. The standard InChI is InChI=1S/C99H59NO2/c1-5-25-60(26-6-1)61-45-47-65(48-46-61)100(67-50-52-73-85(56-67)97(63-29-9-3-10-30-63,64-31-11-4-12-32-64)88-57-76(62-27-7-2-8-28-62)96-95(92(73)88)75-38-18-24-44-90(75)102-96)66-49-51-72-77-58-87-78(59-86(77)99(84(72)55-66)81-41-21-15-35-70(81)71-36-16-22-42-82(71)99)93-83(53-54-91-94(93)74-37-17-23-43-89(74)101-91)98(87)79-39-19-13-33-68(79)69-34-14-20-40-80(69)98/h1-59H. The fourth-order valence-electron chi connectivity index (χ4n) is 19.9. The lowest BCUT2D eigenvalue weighted by molar-refractivity contribution is 0.668. The molecule has 472 valence electrons. The van der Waals surface area contributed by atoms with Gasteiger partial charge in [0, 0.05) is 44.2 Å². The first-order chi connectivity index (χ1) is 50.6. The fraction of sp³-hybridized carbons (Fsp3) is 0.0303. The molecule has 0 saturated heterocycles. The van der Waals surface area contributed by atoms with Gasteiger partial charge in [0.25, 0.3) is 0 Å². The smallest absolute Gasteiger partial charge is 0.143 e. The Kier molecular flexibility index (Phi) is 11.2. The van der Waals surface area contributed by atoms with Crippen molar-refractivity contribution >= 4 is 60.9 Å². The highest BCUT2D eigenvalue weighted by Gasteiger charge is 2.57. The molecule has 0 saturated carbocycles. The molecule has 2 aromatic heterocycles. The summed E-state index contributed by atoms with van der Waals surface area (Å²) in [4.78, 5) is 2.54. The van der Waals surface area contributed by atoms with Crippen molar-refractivity contribution in [3.63, 3.8) is 0 Å². The number of benzene rings is 16. The first-order valence-electron chi connectivity index (χ1n) is 35.5. The predicted molar refractivity (Wildman–Crippen MR) is 416 cm³/mol. The van der Waals surface area contributed by atoms with Crippen LogP contribution in [0.3, 0.4) is 0 Å². The highest BCUT2D eigenvalue weighted by Crippen LogP contribution is 2.70. The topological polar surface area (TPSA) is 29.5 Å². The predicted octanol–water partition coefficient (Wildman–Crippen LogP) is 25.3. The number of para-hydroxylation sites is 2. The van der Waals surface area contributed by atoms with Gasteiger partial charge in [-0.3, -0.25) is 0 Å². The average Bonchev–Trinajstić information content (AvgIpc) is 1.49. The first kappa shape index (κ1) is 55.9. The molecule has 2 spiro atoms. The average molecular weight is 1290 g/mol. The zero-order valence-electron chi connectivity index (χ0n) is 55.3. The first-order valence-corrected chi connectivity index (χ1v) is 35.5. The summed E-state index contributed by atoms with van der Waals surface area (Å²) in [5.74, 6) is 0. The molecule has 0 bridgehead atoms. The minimum Gasteiger partial charge on any atom is -0.456 e. The van der Waals surface area contributed by atoms with Crippen molar-refractivity contribution in [1.29, 1.82) is 0 Å². The summed E-state index contributed by atoms with van der Waals surface area (Å²) in [6.07, 6.45) is 0. The Balaban J connectivity index is 0.817. The zero-order chi connectivity index (χ0) is 66.6. The van der Waals surface area contributed by atoms with E-state index in [-0.39, 0.29) is 0 Å². The minimum absolute atomic E-state index is 0.620. The highest BCUT2D eigenvalue weighted by atomic mass is 16.3. The van der Waals surface area contributed by atoms with Gasteiger partial charge in [-0.25, -0.2) is 0 Å². The molecule has 3 nitrogen and oxygen atoms in total. The fourth-order valence-corrected chi connectivity index (χ4v) is 19.9. The lowest BCUT2D eigenvalue weighted by Crippen LogP contribution is -2.29. The van der Waals surface area contributed by atoms with E-state index in [2.05, 4.69) is 363 Å². The molecule has 16 aromatic carbocycles. The molecule has 0 unspecified atom stereocenters. The van der Waals surface area contributed by atoms with Gasteiger partial charge in [-0.15, -0.1) is 0 Å². The molecular weight excluding hydrogens is 1240 g/mol. The third kappa shape index (κ3) is 7.04. The van der Waals surface area contributed by atoms with Gasteiger partial charge in [-0.2, -0.15) is 0 Å². The van der Waals surface area contributed by atoms with Crippen LogP contribution < -0.4 is 4.90 Å². The maximum Gasteiger partial charge on any atom is 0.143 e. The number of nitrogens with zero attached hydrogens (tertiary/aromatic N) is 1. The molecular formula is C99H59NO2. The number of furan rings is 2. The van der Waals surface area contributed by atoms with Gasteiger partial charge in [0.15, 0.2) is 0 Å². The van der Waals surface area contributed by atoms with Crippen LogP contribution in [0.2, 0.25) is 0 Å². The molecule has 23 rings (SSSR count). The van der Waals surface area contributed by atoms with E-state index >= 15 is 0 Å². The van der Waals surface area contributed by atoms with Gasteiger partial charge in [0.05, 0.1) is 16.2 Å². The highest BCUT2D eigenvalue weighted by molar-refractivity contribution is 6.20. The summed E-state index contributed by atoms with van der Waals surface area (Å²) < 4.78 is 14.0. The molecule has 5 aliphatic carbocycles. The van der Waals surface area contributed by atoms with E-state index in [0.29, 0.717) is 0 Å². The van der Waals surface area contributed by atoms with Crippen LogP contribution in [-0.4, -0.2) is 0 Å². The number of rotatable bonds is 7. The van der Waals surface area contributed by atoms with Crippen LogP contribution in [0.4, 0.5) is 17.1 Å². The van der Waals surface area contributed by atoms with E-state index in [4.69, 9.17) is 8.83 Å². The van der Waals surface area contributed by atoms with Crippen LogP contribution in [0, 0.1) is 0 Å². The molecule has 0 radical (unpaired) electrons. The van der Waals surface area contributed by atoms with Crippen LogP contribution in [0.5, 0.6) is 0 Å². The van der Waals surface area contributed by atoms with Crippen molar-refractivity contribution in [2.45, 2.75) is 16.2 Å². The third-order valence-corrected chi connectivity index (χ3v) is 23.8. The number of fused-ring (bicyclic) bond motifs is 31. The Morgan fingerprint density at radius 3 is 1.20 bits per heavy atom. The lowest BCUT2D eigenvalue weighted by Gasteiger charge is -2.35. The second kappa shape index (κ2) is 20.5. The number of anilines is 3. The summed E-state index contributed by atoms with van der Waals surface area (Å²) in [6, 6.07) is 135. The number of hydrogen-bond donors (Lipinski definition) is 0. The molecule has 0 amide bonds. The van der Waals surface area contributed by atoms with E-state index < -0.39 is 16.2 Å². The van der Waals surface area contributed by atoms with E-state index in [0.717, 1.165) is 77.6 Å². The molecule has 3 heteroatoms. The second-order valence-electron chi connectivity index (χ2n) is 28.3. The van der Waals surface area contributed by atoms with E-state index in [1.807, 2.05) is 0 Å². The summed E-state index contributed by atoms with van der Waals surface area (Å²) in [6.45, 7) is 0. The number of hydrogen-bond acceptors (Lipinski definition) is 3. The SMILES string of the molecule is c1ccc(-c2ccc(N(c3ccc4c(c3)C(c3ccccc3)(c3ccccc3)c3cc(-c5ccccc5)c5oc6ccccc6c5c3-4)c3ccc4c(c3)C3(c5ccccc5-c5ccccc53)c3cc5c(cc3-4)C3(c4ccccc4-c4ccccc43)c3ccc4oc6ccccc6c4c3-5)cc2)cc1. The monoisotopic (exact) mass is 1290 g/mol. The molecule has 18 aromatic rings. The van der Waals surface area contributed by atoms with E-state index in [1.165, 1.54) is 128 Å². The van der Waals surface area contributed by atoms with Gasteiger partial charge in [-0.1, -0.05) is 285 Å². The maximum absolute atomic E-state index is 7.13. The van der Waals surface area contributed by atoms with Crippen LogP contribution in [-0.2, 0) is 16.2 Å². The van der Waals surface area contributed by atoms with Gasteiger partial charge < -0.3 is 13.7 Å². The Labute approximate surface area is 589 Å². The molecule has 2 heterocycles. The minimum atomic E-state index is -0.784. The van der Waals surface area contributed by atoms with Gasteiger partial charge in [0.2, 0.25) is 0 Å². The van der Waals surface area contributed by atoms with Gasteiger partial charge >= 0.3 is 0 Å². The Hall–Kier alpha value is -13.1. The zero-order valence-corrected chi connectivity index (χ0v) is 55.3. The normalized spacial score (nSPS) is 14.3. The van der Waals surface area contributed by atoms with Gasteiger partial charge in [0.1, 0.15) is 22.3 Å². The molecule has 0 N–H and O–H groups in total. The summed E-state index contributed by atoms with van der Waals surface area (Å²) >= 11 is 0. The molecule has 0 atom stereocenters. The van der Waals surface area contributed by atoms with Crippen molar-refractivity contribution in [3.8, 4) is 77.9 Å². The second-order valence-corrected chi connectivity index (χ2v) is 28.3. The van der Waals surface area contributed by atoms with E-state index in [9.17, 15) is 0 Å². The van der Waals surface area contributed by atoms with Crippen molar-refractivity contribution in [3.05, 3.63) is 425 Å². The van der Waals surface area contributed by atoms with Crippen LogP contribution >= 0.6 is 0 Å². The Bertz CT molecular complexity index is 6490. The van der Waals surface area contributed by atoms with Crippen molar-refractivity contribution < 1.29 is 8.83 Å². The third-order valence-electron chi connectivity index (χ3n) is 23.8. The molecule has 5 aliphatic rings. The quantitative estimate of drug-likeness (QED) is 0.159. The van der Waals surface area contributed by atoms with Crippen molar-refractivity contribution in [1.82, 2.24) is 0 Å². The van der Waals surface area contributed by atoms with Crippen molar-refractivity contribution in [2.24, 2.45) is 0 Å². The van der Waals surface area contributed by atoms with E-state index in [1.54, 1.807) is 0 Å². The van der Waals surface area contributed by atoms with Crippen LogP contribution in [0.15, 0.2) is 367 Å². The molecule has 0 fully saturated rings. The van der Waals surface area contributed by atoms with Crippen LogP contribution in [0.25, 0.3) is 122 Å². The summed E-state index contributed by atoms with van der Waals surface area (Å²) in [5.41, 5.74) is 36.7. The van der Waals surface area contributed by atoms with Gasteiger partial charge in [-0.05, 0) is 212 Å². The molecule has 0 aliphatic heterocycles. The largest absolute Gasteiger partial charge is 0.456 e. The summed E-state index contributed by atoms with van der Waals surface area (Å²) in [7, 11) is 0. The Morgan fingerprint density at radius 2 is 0.608 bits per heavy atom.